The molecule has 6 heteroatoms. The number of hydrogen-bond acceptors (Lipinski definition) is 5. The lowest BCUT2D eigenvalue weighted by Gasteiger charge is -2.10. The number of carboxylic acid groups (broad SMARTS) is 1. The molecule has 0 fully saturated rings. The van der Waals surface area contributed by atoms with Crippen LogP contribution in [0.2, 0.25) is 0 Å². The standard InChI is InChI=1S/C18H17N3O3/c1-11-7-12(2)21-17(20-11)15(10-19)8-14-5-4-6-16(9-14)24-13(3)18(22)23/h4-9,13H,1-3H3,(H,22,23)/b15-8+. The molecule has 2 aromatic rings. The topological polar surface area (TPSA) is 96.1 Å². The molecule has 1 aromatic heterocycles. The van der Waals surface area contributed by atoms with E-state index in [0.29, 0.717) is 22.7 Å². The molecule has 0 saturated carbocycles. The van der Waals surface area contributed by atoms with Gasteiger partial charge in [-0.2, -0.15) is 5.26 Å². The van der Waals surface area contributed by atoms with Gasteiger partial charge >= 0.3 is 5.97 Å². The van der Waals surface area contributed by atoms with Crippen LogP contribution in [-0.4, -0.2) is 27.1 Å². The van der Waals surface area contributed by atoms with Crippen LogP contribution < -0.4 is 4.74 Å². The SMILES string of the molecule is Cc1cc(C)nc(/C(C#N)=C/c2cccc(OC(C)C(=O)O)c2)n1. The molecule has 0 aliphatic carbocycles. The fourth-order valence-electron chi connectivity index (χ4n) is 2.09. The number of rotatable bonds is 5. The zero-order valence-electron chi connectivity index (χ0n) is 13.6. The molecule has 122 valence electrons. The largest absolute Gasteiger partial charge is 0.479 e. The van der Waals surface area contributed by atoms with Gasteiger partial charge in [-0.25, -0.2) is 14.8 Å². The molecule has 1 aromatic carbocycles. The zero-order valence-corrected chi connectivity index (χ0v) is 13.6. The lowest BCUT2D eigenvalue weighted by molar-refractivity contribution is -0.144. The number of nitriles is 1. The summed E-state index contributed by atoms with van der Waals surface area (Å²) in [6, 6.07) is 10.8. The van der Waals surface area contributed by atoms with Crippen LogP contribution >= 0.6 is 0 Å². The third-order valence-corrected chi connectivity index (χ3v) is 3.17. The van der Waals surface area contributed by atoms with Gasteiger partial charge in [0.25, 0.3) is 0 Å². The van der Waals surface area contributed by atoms with E-state index in [9.17, 15) is 10.1 Å². The third kappa shape index (κ3) is 4.40. The van der Waals surface area contributed by atoms with E-state index in [1.165, 1.54) is 6.92 Å². The molecular weight excluding hydrogens is 306 g/mol. The molecule has 24 heavy (non-hydrogen) atoms. The highest BCUT2D eigenvalue weighted by Crippen LogP contribution is 2.20. The van der Waals surface area contributed by atoms with Crippen LogP contribution in [0.15, 0.2) is 30.3 Å². The number of hydrogen-bond donors (Lipinski definition) is 1. The Balaban J connectivity index is 2.34. The summed E-state index contributed by atoms with van der Waals surface area (Å²) in [4.78, 5) is 19.4. The van der Waals surface area contributed by atoms with Crippen LogP contribution in [0.4, 0.5) is 0 Å². The van der Waals surface area contributed by atoms with Gasteiger partial charge in [-0.1, -0.05) is 12.1 Å². The van der Waals surface area contributed by atoms with Crippen LogP contribution in [0.25, 0.3) is 11.6 Å². The van der Waals surface area contributed by atoms with Crippen molar-refractivity contribution >= 4 is 17.6 Å². The maximum absolute atomic E-state index is 10.9. The van der Waals surface area contributed by atoms with Crippen molar-refractivity contribution in [1.29, 1.82) is 5.26 Å². The summed E-state index contributed by atoms with van der Waals surface area (Å²) in [5, 5.41) is 18.3. The molecule has 0 aliphatic heterocycles. The molecule has 1 heterocycles. The smallest absolute Gasteiger partial charge is 0.344 e. The van der Waals surface area contributed by atoms with Gasteiger partial charge in [0, 0.05) is 11.4 Å². The van der Waals surface area contributed by atoms with Gasteiger partial charge in [0.2, 0.25) is 0 Å². The molecule has 6 nitrogen and oxygen atoms in total. The lowest BCUT2D eigenvalue weighted by atomic mass is 10.1. The van der Waals surface area contributed by atoms with Crippen LogP contribution in [0, 0.1) is 25.2 Å². The molecule has 1 N–H and O–H groups in total. The molecule has 2 rings (SSSR count). The fourth-order valence-corrected chi connectivity index (χ4v) is 2.09. The van der Waals surface area contributed by atoms with Gasteiger partial charge in [-0.3, -0.25) is 0 Å². The van der Waals surface area contributed by atoms with Crippen molar-refractivity contribution in [2.75, 3.05) is 0 Å². The summed E-state index contributed by atoms with van der Waals surface area (Å²) >= 11 is 0. The highest BCUT2D eigenvalue weighted by Gasteiger charge is 2.12. The normalized spacial score (nSPS) is 12.3. The first-order valence-electron chi connectivity index (χ1n) is 7.33. The van der Waals surface area contributed by atoms with E-state index >= 15 is 0 Å². The van der Waals surface area contributed by atoms with E-state index in [0.717, 1.165) is 11.4 Å². The lowest BCUT2D eigenvalue weighted by Crippen LogP contribution is -2.22. The average molecular weight is 323 g/mol. The Morgan fingerprint density at radius 3 is 2.54 bits per heavy atom. The molecule has 0 radical (unpaired) electrons. The summed E-state index contributed by atoms with van der Waals surface area (Å²) in [6.07, 6.45) is 0.689. The number of allylic oxidation sites excluding steroid dienone is 1. The Morgan fingerprint density at radius 2 is 1.96 bits per heavy atom. The van der Waals surface area contributed by atoms with E-state index in [1.807, 2.05) is 19.9 Å². The van der Waals surface area contributed by atoms with E-state index in [4.69, 9.17) is 9.84 Å². The number of aryl methyl sites for hydroxylation is 2. The van der Waals surface area contributed by atoms with E-state index in [2.05, 4.69) is 16.0 Å². The van der Waals surface area contributed by atoms with Crippen molar-refractivity contribution in [3.63, 3.8) is 0 Å². The molecule has 1 unspecified atom stereocenters. The quantitative estimate of drug-likeness (QED) is 0.850. The van der Waals surface area contributed by atoms with Crippen molar-refractivity contribution in [2.45, 2.75) is 26.9 Å². The first-order valence-corrected chi connectivity index (χ1v) is 7.33. The number of nitrogens with zero attached hydrogens (tertiary/aromatic N) is 3. The average Bonchev–Trinajstić information content (AvgIpc) is 2.51. The number of aliphatic carboxylic acids is 1. The Bertz CT molecular complexity index is 817. The number of aromatic nitrogens is 2. The van der Waals surface area contributed by atoms with Gasteiger partial charge < -0.3 is 9.84 Å². The zero-order chi connectivity index (χ0) is 17.7. The van der Waals surface area contributed by atoms with Crippen molar-refractivity contribution in [2.24, 2.45) is 0 Å². The first kappa shape index (κ1) is 17.2. The van der Waals surface area contributed by atoms with E-state index in [1.54, 1.807) is 30.3 Å². The van der Waals surface area contributed by atoms with Gasteiger partial charge in [0.15, 0.2) is 11.9 Å². The van der Waals surface area contributed by atoms with Crippen molar-refractivity contribution < 1.29 is 14.6 Å². The second-order valence-corrected chi connectivity index (χ2v) is 5.31. The predicted octanol–water partition coefficient (Wildman–Crippen LogP) is 3.01. The maximum Gasteiger partial charge on any atom is 0.344 e. The second kappa shape index (κ2) is 7.38. The molecular formula is C18H17N3O3. The minimum absolute atomic E-state index is 0.324. The van der Waals surface area contributed by atoms with Crippen LogP contribution in [0.1, 0.15) is 29.7 Å². The molecule has 0 bridgehead atoms. The number of carbonyl (C=O) groups is 1. The molecule has 0 spiro atoms. The maximum atomic E-state index is 10.9. The highest BCUT2D eigenvalue weighted by molar-refractivity contribution is 5.87. The first-order chi connectivity index (χ1) is 11.4. The van der Waals surface area contributed by atoms with Gasteiger partial charge in [0.05, 0.1) is 5.57 Å². The Morgan fingerprint density at radius 1 is 1.29 bits per heavy atom. The van der Waals surface area contributed by atoms with Crippen LogP contribution in [-0.2, 0) is 4.79 Å². The van der Waals surface area contributed by atoms with Crippen LogP contribution in [0.3, 0.4) is 0 Å². The van der Waals surface area contributed by atoms with Gasteiger partial charge in [-0.05, 0) is 50.6 Å². The summed E-state index contributed by atoms with van der Waals surface area (Å²) in [7, 11) is 0. The van der Waals surface area contributed by atoms with Gasteiger partial charge in [-0.15, -0.1) is 0 Å². The second-order valence-electron chi connectivity index (χ2n) is 5.31. The van der Waals surface area contributed by atoms with E-state index in [-0.39, 0.29) is 0 Å². The fraction of sp³-hybridized carbons (Fsp3) is 0.222. The number of ether oxygens (including phenoxy) is 1. The Hall–Kier alpha value is -3.20. The Kier molecular flexibility index (Phi) is 5.27. The molecule has 1 atom stereocenters. The number of carboxylic acids is 1. The molecule has 0 aliphatic rings. The predicted molar refractivity (Wildman–Crippen MR) is 89.2 cm³/mol. The highest BCUT2D eigenvalue weighted by atomic mass is 16.5. The van der Waals surface area contributed by atoms with Crippen molar-refractivity contribution in [1.82, 2.24) is 9.97 Å². The van der Waals surface area contributed by atoms with Gasteiger partial charge in [0.1, 0.15) is 11.8 Å². The Labute approximate surface area is 140 Å². The van der Waals surface area contributed by atoms with Crippen molar-refractivity contribution in [3.05, 3.63) is 53.1 Å². The summed E-state index contributed by atoms with van der Waals surface area (Å²) in [5.41, 5.74) is 2.59. The van der Waals surface area contributed by atoms with Crippen molar-refractivity contribution in [3.8, 4) is 11.8 Å². The monoisotopic (exact) mass is 323 g/mol. The molecule has 0 saturated heterocycles. The summed E-state index contributed by atoms with van der Waals surface area (Å²) < 4.78 is 5.33. The molecule has 0 amide bonds. The minimum Gasteiger partial charge on any atom is -0.479 e. The summed E-state index contributed by atoms with van der Waals surface area (Å²) in [6.45, 7) is 5.14. The van der Waals surface area contributed by atoms with E-state index < -0.39 is 12.1 Å². The van der Waals surface area contributed by atoms with Crippen LogP contribution in [0.5, 0.6) is 5.75 Å². The summed E-state index contributed by atoms with van der Waals surface area (Å²) in [5.74, 6) is -0.269. The number of benzene rings is 1. The minimum atomic E-state index is -1.04. The third-order valence-electron chi connectivity index (χ3n) is 3.17.